The molecule has 0 saturated carbocycles. The van der Waals surface area contributed by atoms with Crippen LogP contribution in [-0.2, 0) is 7.05 Å². The van der Waals surface area contributed by atoms with Gasteiger partial charge in [-0.05, 0) is 0 Å². The lowest BCUT2D eigenvalue weighted by Gasteiger charge is -2.09. The first-order valence-corrected chi connectivity index (χ1v) is 5.82. The van der Waals surface area contributed by atoms with E-state index in [0.29, 0.717) is 12.4 Å². The van der Waals surface area contributed by atoms with E-state index in [0.717, 1.165) is 5.56 Å². The maximum absolute atomic E-state index is 11.8. The first-order chi connectivity index (χ1) is 9.22. The molecule has 0 spiro atoms. The third kappa shape index (κ3) is 3.05. The van der Waals surface area contributed by atoms with Gasteiger partial charge in [-0.25, -0.2) is 10.2 Å². The predicted molar refractivity (Wildman–Crippen MR) is 74.5 cm³/mol. The number of nitrogens with one attached hydrogen (secondary N) is 2. The fourth-order valence-corrected chi connectivity index (χ4v) is 1.56. The van der Waals surface area contributed by atoms with Crippen LogP contribution in [0.4, 0.5) is 5.95 Å². The maximum atomic E-state index is 11.8. The minimum Gasteiger partial charge on any atom is -0.289 e. The van der Waals surface area contributed by atoms with E-state index in [1.54, 1.807) is 13.1 Å². The topological polar surface area (TPSA) is 71.8 Å². The van der Waals surface area contributed by atoms with Crippen LogP contribution in [0.2, 0.25) is 0 Å². The molecule has 1 aromatic heterocycles. The van der Waals surface area contributed by atoms with Gasteiger partial charge >= 0.3 is 5.69 Å². The fraction of sp³-hybridized carbons (Fsp3) is 0.154. The van der Waals surface area contributed by atoms with Crippen molar-refractivity contribution < 1.29 is 0 Å². The van der Waals surface area contributed by atoms with Crippen LogP contribution in [0.3, 0.4) is 0 Å². The van der Waals surface area contributed by atoms with Crippen molar-refractivity contribution in [1.82, 2.24) is 20.0 Å². The summed E-state index contributed by atoms with van der Waals surface area (Å²) in [5, 5.41) is 0. The van der Waals surface area contributed by atoms with Crippen molar-refractivity contribution in [2.75, 3.05) is 12.0 Å². The summed E-state index contributed by atoms with van der Waals surface area (Å²) in [5.74, 6) is 0.798. The molecule has 6 nitrogen and oxygen atoms in total. The van der Waals surface area contributed by atoms with Crippen LogP contribution in [0.1, 0.15) is 0 Å². The molecule has 0 radical (unpaired) electrons. The normalized spacial score (nSPS) is 10.2. The molecule has 2 aromatic rings. The quantitative estimate of drug-likeness (QED) is 0.474. The molecule has 0 unspecified atom stereocenters. The summed E-state index contributed by atoms with van der Waals surface area (Å²) >= 11 is 0. The van der Waals surface area contributed by atoms with Crippen molar-refractivity contribution in [3.05, 3.63) is 53.5 Å². The van der Waals surface area contributed by atoms with Gasteiger partial charge in [0.1, 0.15) is 5.82 Å². The van der Waals surface area contributed by atoms with E-state index in [1.165, 1.54) is 4.57 Å². The Kier molecular flexibility index (Phi) is 4.04. The number of hydrazine groups is 1. The van der Waals surface area contributed by atoms with E-state index in [4.69, 9.17) is 0 Å². The third-order valence-corrected chi connectivity index (χ3v) is 2.50. The van der Waals surface area contributed by atoms with Gasteiger partial charge in [0, 0.05) is 19.2 Å². The van der Waals surface area contributed by atoms with Gasteiger partial charge < -0.3 is 0 Å². The molecule has 0 saturated heterocycles. The molecule has 19 heavy (non-hydrogen) atoms. The van der Waals surface area contributed by atoms with E-state index in [-0.39, 0.29) is 11.6 Å². The van der Waals surface area contributed by atoms with E-state index in [2.05, 4.69) is 27.4 Å². The van der Waals surface area contributed by atoms with Gasteiger partial charge in [0.25, 0.3) is 0 Å². The molecule has 98 valence electrons. The second-order valence-corrected chi connectivity index (χ2v) is 3.87. The summed E-state index contributed by atoms with van der Waals surface area (Å²) < 4.78 is 1.41. The number of hydrogen-bond acceptors (Lipinski definition) is 5. The number of rotatable bonds is 5. The standard InChI is InChI=1S/C13H15N5O/c1-3-9-14-17-12-15-11(18(2)13(19)16-12)10-7-5-4-6-8-10/h3-8,14H,1,9H2,2H3,(H,16,17,19). The Hall–Kier alpha value is -2.47. The Morgan fingerprint density at radius 3 is 2.74 bits per heavy atom. The molecular weight excluding hydrogens is 242 g/mol. The number of nitrogens with zero attached hydrogens (tertiary/aromatic N) is 3. The summed E-state index contributed by atoms with van der Waals surface area (Å²) in [6, 6.07) is 9.48. The number of aromatic nitrogens is 3. The number of hydrogen-bond donors (Lipinski definition) is 2. The molecule has 0 amide bonds. The van der Waals surface area contributed by atoms with Crippen molar-refractivity contribution in [1.29, 1.82) is 0 Å². The highest BCUT2D eigenvalue weighted by Crippen LogP contribution is 2.14. The summed E-state index contributed by atoms with van der Waals surface area (Å²) in [6.07, 6.45) is 1.69. The highest BCUT2D eigenvalue weighted by atomic mass is 16.1. The molecule has 2 rings (SSSR count). The fourth-order valence-electron chi connectivity index (χ4n) is 1.56. The van der Waals surface area contributed by atoms with Crippen molar-refractivity contribution in [2.45, 2.75) is 0 Å². The summed E-state index contributed by atoms with van der Waals surface area (Å²) in [7, 11) is 1.64. The van der Waals surface area contributed by atoms with Gasteiger partial charge in [0.15, 0.2) is 0 Å². The lowest BCUT2D eigenvalue weighted by atomic mass is 10.2. The van der Waals surface area contributed by atoms with Crippen LogP contribution >= 0.6 is 0 Å². The molecule has 0 atom stereocenters. The Balaban J connectivity index is 2.38. The van der Waals surface area contributed by atoms with Crippen LogP contribution in [-0.4, -0.2) is 21.1 Å². The molecule has 0 bridgehead atoms. The first kappa shape index (κ1) is 13.0. The van der Waals surface area contributed by atoms with Gasteiger partial charge in [0.05, 0.1) is 0 Å². The second-order valence-electron chi connectivity index (χ2n) is 3.87. The Bertz CT molecular complexity index is 621. The SMILES string of the molecule is C=CCNNc1nc(-c2ccccc2)n(C)c(=O)n1. The molecule has 6 heteroatoms. The summed E-state index contributed by atoms with van der Waals surface area (Å²) in [5.41, 5.74) is 6.10. The lowest BCUT2D eigenvalue weighted by Crippen LogP contribution is -2.29. The van der Waals surface area contributed by atoms with Crippen molar-refractivity contribution in [3.63, 3.8) is 0 Å². The lowest BCUT2D eigenvalue weighted by molar-refractivity contribution is 0.769. The van der Waals surface area contributed by atoms with Gasteiger partial charge in [-0.1, -0.05) is 36.4 Å². The average molecular weight is 257 g/mol. The maximum Gasteiger partial charge on any atom is 0.352 e. The minimum atomic E-state index is -0.364. The zero-order valence-electron chi connectivity index (χ0n) is 10.6. The largest absolute Gasteiger partial charge is 0.352 e. The predicted octanol–water partition coefficient (Wildman–Crippen LogP) is 0.945. The molecule has 1 heterocycles. The van der Waals surface area contributed by atoms with Gasteiger partial charge in [-0.2, -0.15) is 9.97 Å². The second kappa shape index (κ2) is 5.92. The van der Waals surface area contributed by atoms with E-state index in [1.807, 2.05) is 30.3 Å². The van der Waals surface area contributed by atoms with E-state index < -0.39 is 0 Å². The smallest absolute Gasteiger partial charge is 0.289 e. The molecule has 1 aromatic carbocycles. The number of anilines is 1. The van der Waals surface area contributed by atoms with E-state index >= 15 is 0 Å². The molecule has 0 aliphatic rings. The Labute approximate surface area is 110 Å². The van der Waals surface area contributed by atoms with Crippen molar-refractivity contribution in [2.24, 2.45) is 7.05 Å². The first-order valence-electron chi connectivity index (χ1n) is 5.82. The van der Waals surface area contributed by atoms with Crippen LogP contribution < -0.4 is 16.5 Å². The number of benzene rings is 1. The zero-order valence-corrected chi connectivity index (χ0v) is 10.6. The third-order valence-electron chi connectivity index (χ3n) is 2.50. The molecule has 0 aliphatic heterocycles. The van der Waals surface area contributed by atoms with Gasteiger partial charge in [-0.15, -0.1) is 6.58 Å². The van der Waals surface area contributed by atoms with Gasteiger partial charge in [0.2, 0.25) is 5.95 Å². The molecular formula is C13H15N5O. The average Bonchev–Trinajstić information content (AvgIpc) is 2.44. The highest BCUT2D eigenvalue weighted by Gasteiger charge is 2.08. The molecule has 2 N–H and O–H groups in total. The van der Waals surface area contributed by atoms with Crippen LogP contribution in [0, 0.1) is 0 Å². The highest BCUT2D eigenvalue weighted by molar-refractivity contribution is 5.56. The monoisotopic (exact) mass is 257 g/mol. The van der Waals surface area contributed by atoms with Crippen LogP contribution in [0.15, 0.2) is 47.8 Å². The minimum absolute atomic E-state index is 0.240. The Morgan fingerprint density at radius 2 is 2.05 bits per heavy atom. The summed E-state index contributed by atoms with van der Waals surface area (Å²) in [6.45, 7) is 4.12. The van der Waals surface area contributed by atoms with Crippen LogP contribution in [0.25, 0.3) is 11.4 Å². The molecule has 0 aliphatic carbocycles. The summed E-state index contributed by atoms with van der Waals surface area (Å²) in [4.78, 5) is 19.9. The molecule has 0 fully saturated rings. The zero-order chi connectivity index (χ0) is 13.7. The van der Waals surface area contributed by atoms with Crippen molar-refractivity contribution >= 4 is 5.95 Å². The van der Waals surface area contributed by atoms with Crippen molar-refractivity contribution in [3.8, 4) is 11.4 Å². The van der Waals surface area contributed by atoms with E-state index in [9.17, 15) is 4.79 Å². The Morgan fingerprint density at radius 1 is 1.32 bits per heavy atom. The van der Waals surface area contributed by atoms with Gasteiger partial charge in [-0.3, -0.25) is 9.99 Å². The van der Waals surface area contributed by atoms with Crippen LogP contribution in [0.5, 0.6) is 0 Å².